The average Bonchev–Trinajstić information content (AvgIpc) is 2.67. The van der Waals surface area contributed by atoms with Crippen molar-refractivity contribution in [1.82, 2.24) is 15.0 Å². The predicted molar refractivity (Wildman–Crippen MR) is 72.7 cm³/mol. The standard InChI is InChI=1S/C13H19N5/c1-18(2)11-5-4-9-12(17-11)16-10(15-9)8-13(14)6-3-7-13/h4-5H,3,6-8,14H2,1-2H3,(H,15,16,17). The van der Waals surface area contributed by atoms with E-state index in [0.29, 0.717) is 0 Å². The van der Waals surface area contributed by atoms with Crippen LogP contribution in [0, 0.1) is 0 Å². The van der Waals surface area contributed by atoms with Gasteiger partial charge in [-0.2, -0.15) is 0 Å². The van der Waals surface area contributed by atoms with Crippen LogP contribution < -0.4 is 10.6 Å². The molecule has 2 heterocycles. The van der Waals surface area contributed by atoms with Crippen molar-refractivity contribution in [3.63, 3.8) is 0 Å². The summed E-state index contributed by atoms with van der Waals surface area (Å²) in [4.78, 5) is 14.4. The van der Waals surface area contributed by atoms with Gasteiger partial charge in [-0.05, 0) is 31.4 Å². The van der Waals surface area contributed by atoms with E-state index in [0.717, 1.165) is 42.1 Å². The first-order valence-electron chi connectivity index (χ1n) is 6.38. The molecule has 3 rings (SSSR count). The molecule has 5 nitrogen and oxygen atoms in total. The number of hydrogen-bond donors (Lipinski definition) is 2. The topological polar surface area (TPSA) is 70.8 Å². The van der Waals surface area contributed by atoms with Crippen molar-refractivity contribution in [2.45, 2.75) is 31.2 Å². The molecule has 0 saturated heterocycles. The molecule has 2 aromatic rings. The van der Waals surface area contributed by atoms with Crippen molar-refractivity contribution in [3.8, 4) is 0 Å². The molecule has 0 atom stereocenters. The van der Waals surface area contributed by atoms with Crippen molar-refractivity contribution in [2.75, 3.05) is 19.0 Å². The highest BCUT2D eigenvalue weighted by Gasteiger charge is 2.33. The summed E-state index contributed by atoms with van der Waals surface area (Å²) in [6.45, 7) is 0. The SMILES string of the molecule is CN(C)c1ccc2[nH]c(CC3(N)CCC3)nc2n1. The van der Waals surface area contributed by atoms with Gasteiger partial charge in [0.15, 0.2) is 5.65 Å². The number of pyridine rings is 1. The maximum Gasteiger partial charge on any atom is 0.179 e. The number of hydrogen-bond acceptors (Lipinski definition) is 4. The van der Waals surface area contributed by atoms with Crippen molar-refractivity contribution in [1.29, 1.82) is 0 Å². The normalized spacial score (nSPS) is 17.7. The lowest BCUT2D eigenvalue weighted by molar-refractivity contribution is 0.244. The molecular formula is C13H19N5. The minimum Gasteiger partial charge on any atom is -0.363 e. The predicted octanol–water partition coefficient (Wildman–Crippen LogP) is 1.45. The average molecular weight is 245 g/mol. The van der Waals surface area contributed by atoms with Gasteiger partial charge in [0, 0.05) is 26.1 Å². The van der Waals surface area contributed by atoms with Gasteiger partial charge in [0.25, 0.3) is 0 Å². The second kappa shape index (κ2) is 3.95. The first-order valence-corrected chi connectivity index (χ1v) is 6.38. The van der Waals surface area contributed by atoms with Crippen LogP contribution in [0.15, 0.2) is 12.1 Å². The van der Waals surface area contributed by atoms with Gasteiger partial charge in [0.1, 0.15) is 11.6 Å². The minimum atomic E-state index is -0.0434. The van der Waals surface area contributed by atoms with Crippen LogP contribution in [-0.2, 0) is 6.42 Å². The highest BCUT2D eigenvalue weighted by atomic mass is 15.1. The van der Waals surface area contributed by atoms with E-state index < -0.39 is 0 Å². The summed E-state index contributed by atoms with van der Waals surface area (Å²) >= 11 is 0. The van der Waals surface area contributed by atoms with Crippen LogP contribution >= 0.6 is 0 Å². The number of H-pyrrole nitrogens is 1. The van der Waals surface area contributed by atoms with Crippen molar-refractivity contribution < 1.29 is 0 Å². The lowest BCUT2D eigenvalue weighted by Gasteiger charge is -2.37. The monoisotopic (exact) mass is 245 g/mol. The van der Waals surface area contributed by atoms with Gasteiger partial charge >= 0.3 is 0 Å². The number of nitrogens with two attached hydrogens (primary N) is 1. The smallest absolute Gasteiger partial charge is 0.179 e. The number of anilines is 1. The van der Waals surface area contributed by atoms with Gasteiger partial charge in [0.05, 0.1) is 5.52 Å². The van der Waals surface area contributed by atoms with Crippen LogP contribution in [0.2, 0.25) is 0 Å². The molecule has 0 radical (unpaired) electrons. The molecule has 1 aliphatic rings. The summed E-state index contributed by atoms with van der Waals surface area (Å²) in [6, 6.07) is 4.02. The fourth-order valence-electron chi connectivity index (χ4n) is 2.41. The highest BCUT2D eigenvalue weighted by Crippen LogP contribution is 2.32. The Morgan fingerprint density at radius 1 is 1.33 bits per heavy atom. The van der Waals surface area contributed by atoms with E-state index in [4.69, 9.17) is 5.73 Å². The Morgan fingerprint density at radius 3 is 2.72 bits per heavy atom. The zero-order chi connectivity index (χ0) is 12.8. The largest absolute Gasteiger partial charge is 0.363 e. The third-order valence-corrected chi connectivity index (χ3v) is 3.71. The molecule has 0 spiro atoms. The van der Waals surface area contributed by atoms with Gasteiger partial charge in [0.2, 0.25) is 0 Å². The van der Waals surface area contributed by atoms with Gasteiger partial charge in [-0.3, -0.25) is 0 Å². The van der Waals surface area contributed by atoms with Crippen molar-refractivity contribution in [2.24, 2.45) is 5.73 Å². The third-order valence-electron chi connectivity index (χ3n) is 3.71. The van der Waals surface area contributed by atoms with E-state index in [9.17, 15) is 0 Å². The fourth-order valence-corrected chi connectivity index (χ4v) is 2.41. The number of aromatic amines is 1. The van der Waals surface area contributed by atoms with E-state index in [1.165, 1.54) is 6.42 Å². The molecule has 5 heteroatoms. The van der Waals surface area contributed by atoms with Crippen LogP contribution in [0.1, 0.15) is 25.1 Å². The summed E-state index contributed by atoms with van der Waals surface area (Å²) in [5, 5.41) is 0. The van der Waals surface area contributed by atoms with E-state index in [-0.39, 0.29) is 5.54 Å². The van der Waals surface area contributed by atoms with Gasteiger partial charge in [-0.1, -0.05) is 0 Å². The first kappa shape index (κ1) is 11.5. The van der Waals surface area contributed by atoms with E-state index >= 15 is 0 Å². The molecule has 0 aromatic carbocycles. The molecule has 0 bridgehead atoms. The molecule has 18 heavy (non-hydrogen) atoms. The van der Waals surface area contributed by atoms with Gasteiger partial charge in [-0.25, -0.2) is 9.97 Å². The zero-order valence-electron chi connectivity index (χ0n) is 10.9. The molecule has 1 fully saturated rings. The lowest BCUT2D eigenvalue weighted by atomic mass is 9.75. The van der Waals surface area contributed by atoms with E-state index in [1.54, 1.807) is 0 Å². The number of aromatic nitrogens is 3. The first-order chi connectivity index (χ1) is 8.56. The number of rotatable bonds is 3. The molecule has 96 valence electrons. The number of nitrogens with zero attached hydrogens (tertiary/aromatic N) is 3. The third kappa shape index (κ3) is 1.95. The van der Waals surface area contributed by atoms with Gasteiger partial charge < -0.3 is 15.6 Å². The maximum absolute atomic E-state index is 6.25. The van der Waals surface area contributed by atoms with Gasteiger partial charge in [-0.15, -0.1) is 0 Å². The number of imidazole rings is 1. The van der Waals surface area contributed by atoms with Crippen LogP contribution in [0.3, 0.4) is 0 Å². The molecule has 1 saturated carbocycles. The Labute approximate surface area is 106 Å². The number of fused-ring (bicyclic) bond motifs is 1. The maximum atomic E-state index is 6.25. The summed E-state index contributed by atoms with van der Waals surface area (Å²) in [7, 11) is 3.95. The molecule has 0 unspecified atom stereocenters. The Hall–Kier alpha value is -1.62. The molecular weight excluding hydrogens is 226 g/mol. The van der Waals surface area contributed by atoms with Crippen molar-refractivity contribution in [3.05, 3.63) is 18.0 Å². The Bertz CT molecular complexity index is 568. The molecule has 1 aliphatic carbocycles. The van der Waals surface area contributed by atoms with Crippen LogP contribution in [0.4, 0.5) is 5.82 Å². The van der Waals surface area contributed by atoms with E-state index in [2.05, 4.69) is 15.0 Å². The highest BCUT2D eigenvalue weighted by molar-refractivity contribution is 5.73. The summed E-state index contributed by atoms with van der Waals surface area (Å²) in [5.74, 6) is 1.88. The van der Waals surface area contributed by atoms with Crippen LogP contribution in [0.5, 0.6) is 0 Å². The Balaban J connectivity index is 1.90. The molecule has 0 amide bonds. The van der Waals surface area contributed by atoms with Crippen LogP contribution in [-0.4, -0.2) is 34.6 Å². The van der Waals surface area contributed by atoms with Crippen molar-refractivity contribution >= 4 is 17.0 Å². The Kier molecular flexibility index (Phi) is 2.52. The second-order valence-corrected chi connectivity index (χ2v) is 5.51. The van der Waals surface area contributed by atoms with Crippen LogP contribution in [0.25, 0.3) is 11.2 Å². The quantitative estimate of drug-likeness (QED) is 0.858. The number of nitrogens with one attached hydrogen (secondary N) is 1. The zero-order valence-corrected chi connectivity index (χ0v) is 10.9. The molecule has 2 aromatic heterocycles. The second-order valence-electron chi connectivity index (χ2n) is 5.51. The van der Waals surface area contributed by atoms with E-state index in [1.807, 2.05) is 31.1 Å². The summed E-state index contributed by atoms with van der Waals surface area (Å²) in [5.41, 5.74) is 7.96. The lowest BCUT2D eigenvalue weighted by Crippen LogP contribution is -2.48. The molecule has 0 aliphatic heterocycles. The summed E-state index contributed by atoms with van der Waals surface area (Å²) in [6.07, 6.45) is 4.25. The molecule has 3 N–H and O–H groups in total. The fraction of sp³-hybridized carbons (Fsp3) is 0.538. The Morgan fingerprint density at radius 2 is 2.11 bits per heavy atom. The summed E-state index contributed by atoms with van der Waals surface area (Å²) < 4.78 is 0. The minimum absolute atomic E-state index is 0.0434.